The summed E-state index contributed by atoms with van der Waals surface area (Å²) >= 11 is 0. The van der Waals surface area contributed by atoms with Gasteiger partial charge in [-0.1, -0.05) is 282 Å². The van der Waals surface area contributed by atoms with Crippen LogP contribution in [0, 0.1) is 0 Å². The highest BCUT2D eigenvalue weighted by Gasteiger charge is 2.65. The number of rotatable bonds is 11. The molecular formula is C82H74BN3Si2. The molecule has 11 aromatic carbocycles. The van der Waals surface area contributed by atoms with E-state index in [1.54, 1.807) is 11.1 Å². The van der Waals surface area contributed by atoms with Crippen molar-refractivity contribution in [2.24, 2.45) is 0 Å². The number of hydrogen-bond acceptors (Lipinski definition) is 3. The summed E-state index contributed by atoms with van der Waals surface area (Å²) in [5.41, 5.74) is 16.5. The summed E-state index contributed by atoms with van der Waals surface area (Å²) in [5, 5.41) is 11.0. The van der Waals surface area contributed by atoms with E-state index >= 15 is 0 Å². The molecule has 0 saturated heterocycles. The Morgan fingerprint density at radius 3 is 0.932 bits per heavy atom. The molecule has 2 fully saturated rings. The van der Waals surface area contributed by atoms with Gasteiger partial charge in [-0.15, -0.1) is 0 Å². The second-order valence-corrected chi connectivity index (χ2v) is 34.9. The first kappa shape index (κ1) is 53.5. The SMILES string of the molecule is CC12CCCCC1(C)N1c3cc(N(c4ccc([Si](c5ccccc5)(c5ccccc5)c5ccccc5)cc4)c4ccc([Si](c5ccccc5)(c5ccccc5)c5ccccc5)cc4)cc4c3B(c3cccc2c31)c1cccc2c1N4C1(C)CCCCC21C. The topological polar surface area (TPSA) is 9.72 Å². The molecule has 428 valence electrons. The highest BCUT2D eigenvalue weighted by Crippen LogP contribution is 2.65. The van der Waals surface area contributed by atoms with Gasteiger partial charge in [0.05, 0.1) is 16.8 Å². The smallest absolute Gasteiger partial charge is 0.252 e. The summed E-state index contributed by atoms with van der Waals surface area (Å²) in [6.07, 6.45) is 9.67. The molecule has 6 heteroatoms. The van der Waals surface area contributed by atoms with Crippen LogP contribution in [-0.2, 0) is 10.8 Å². The van der Waals surface area contributed by atoms with Gasteiger partial charge in [-0.3, -0.25) is 0 Å². The van der Waals surface area contributed by atoms with Crippen LogP contribution in [0.3, 0.4) is 0 Å². The number of benzene rings is 11. The second-order valence-electron chi connectivity index (χ2n) is 27.2. The van der Waals surface area contributed by atoms with Gasteiger partial charge in [-0.05, 0) is 145 Å². The average molecular weight is 1170 g/mol. The molecule has 0 amide bonds. The van der Waals surface area contributed by atoms with E-state index in [1.807, 2.05) is 0 Å². The van der Waals surface area contributed by atoms with Gasteiger partial charge in [0, 0.05) is 45.0 Å². The van der Waals surface area contributed by atoms with Crippen LogP contribution in [0.25, 0.3) is 0 Å². The predicted octanol–water partition coefficient (Wildman–Crippen LogP) is 12.5. The molecule has 17 rings (SSSR count). The normalized spacial score (nSPS) is 21.8. The van der Waals surface area contributed by atoms with Crippen LogP contribution >= 0.6 is 0 Å². The number of fused-ring (bicyclic) bond motifs is 10. The predicted molar refractivity (Wildman–Crippen MR) is 379 cm³/mol. The number of anilines is 7. The molecule has 0 spiro atoms. The zero-order valence-corrected chi connectivity index (χ0v) is 53.1. The summed E-state index contributed by atoms with van der Waals surface area (Å²) < 4.78 is 0. The molecule has 0 bridgehead atoms. The van der Waals surface area contributed by atoms with Gasteiger partial charge in [0.1, 0.15) is 0 Å². The zero-order valence-electron chi connectivity index (χ0n) is 51.1. The Morgan fingerprint density at radius 2 is 0.614 bits per heavy atom. The van der Waals surface area contributed by atoms with E-state index in [1.165, 1.54) is 125 Å². The minimum atomic E-state index is -2.85. The summed E-state index contributed by atoms with van der Waals surface area (Å²) in [5.74, 6) is 0. The molecule has 4 aliphatic heterocycles. The lowest BCUT2D eigenvalue weighted by Crippen LogP contribution is -2.74. The third-order valence-corrected chi connectivity index (χ3v) is 33.0. The third kappa shape index (κ3) is 7.13. The molecule has 2 saturated carbocycles. The Bertz CT molecular complexity index is 4000. The van der Waals surface area contributed by atoms with Gasteiger partial charge in [0.2, 0.25) is 0 Å². The summed E-state index contributed by atoms with van der Waals surface area (Å²) in [4.78, 5) is 8.52. The summed E-state index contributed by atoms with van der Waals surface area (Å²) in [6.45, 7) is 10.6. The number of para-hydroxylation sites is 2. The Balaban J connectivity index is 0.943. The quantitative estimate of drug-likeness (QED) is 0.0944. The molecule has 3 nitrogen and oxygen atoms in total. The first-order chi connectivity index (χ1) is 43.1. The highest BCUT2D eigenvalue weighted by molar-refractivity contribution is 7.20. The van der Waals surface area contributed by atoms with Crippen LogP contribution in [0.4, 0.5) is 39.8 Å². The lowest BCUT2D eigenvalue weighted by Gasteiger charge is -2.55. The molecule has 4 atom stereocenters. The minimum absolute atomic E-state index is 0.00697. The Hall–Kier alpha value is -8.68. The van der Waals surface area contributed by atoms with Crippen molar-refractivity contribution in [3.63, 3.8) is 0 Å². The van der Waals surface area contributed by atoms with E-state index < -0.39 is 16.1 Å². The van der Waals surface area contributed by atoms with Crippen LogP contribution in [0.15, 0.2) is 279 Å². The van der Waals surface area contributed by atoms with Crippen molar-refractivity contribution in [3.05, 3.63) is 290 Å². The summed E-state index contributed by atoms with van der Waals surface area (Å²) in [7, 11) is -5.70. The maximum atomic E-state index is 2.94. The largest absolute Gasteiger partial charge is 0.335 e. The van der Waals surface area contributed by atoms with Crippen molar-refractivity contribution in [1.29, 1.82) is 0 Å². The number of nitrogens with zero attached hydrogens (tertiary/aromatic N) is 3. The van der Waals surface area contributed by atoms with Gasteiger partial charge in [-0.25, -0.2) is 0 Å². The van der Waals surface area contributed by atoms with Crippen LogP contribution in [0.1, 0.15) is 90.2 Å². The van der Waals surface area contributed by atoms with Crippen molar-refractivity contribution < 1.29 is 0 Å². The van der Waals surface area contributed by atoms with Gasteiger partial charge in [-0.2, -0.15) is 0 Å². The summed E-state index contributed by atoms with van der Waals surface area (Å²) in [6, 6.07) is 108. The van der Waals surface area contributed by atoms with Crippen molar-refractivity contribution in [2.75, 3.05) is 14.7 Å². The fourth-order valence-corrected chi connectivity index (χ4v) is 28.5. The lowest BCUT2D eigenvalue weighted by atomic mass is 9.33. The fraction of sp³-hybridized carbons (Fsp3) is 0.195. The van der Waals surface area contributed by atoms with Crippen molar-refractivity contribution in [3.8, 4) is 0 Å². The monoisotopic (exact) mass is 1170 g/mol. The van der Waals surface area contributed by atoms with E-state index in [0.29, 0.717) is 0 Å². The van der Waals surface area contributed by atoms with Crippen molar-refractivity contribution >= 4 is 121 Å². The molecule has 2 aliphatic carbocycles. The van der Waals surface area contributed by atoms with Gasteiger partial charge < -0.3 is 14.7 Å². The average Bonchev–Trinajstić information content (AvgIpc) is 1.47. The first-order valence-corrected chi connectivity index (χ1v) is 36.5. The van der Waals surface area contributed by atoms with E-state index in [9.17, 15) is 0 Å². The van der Waals surface area contributed by atoms with Crippen LogP contribution < -0.4 is 72.6 Å². The maximum Gasteiger partial charge on any atom is 0.252 e. The molecule has 4 heterocycles. The zero-order chi connectivity index (χ0) is 59.0. The van der Waals surface area contributed by atoms with Crippen molar-refractivity contribution in [2.45, 2.75) is 101 Å². The molecule has 0 N–H and O–H groups in total. The Labute approximate surface area is 523 Å². The minimum Gasteiger partial charge on any atom is -0.335 e. The van der Waals surface area contributed by atoms with Crippen LogP contribution in [0.5, 0.6) is 0 Å². The molecule has 4 unspecified atom stereocenters. The molecule has 0 aromatic heterocycles. The van der Waals surface area contributed by atoms with E-state index in [4.69, 9.17) is 0 Å². The van der Waals surface area contributed by atoms with Gasteiger partial charge >= 0.3 is 0 Å². The third-order valence-electron chi connectivity index (χ3n) is 23.4. The fourth-order valence-electron chi connectivity index (χ4n) is 19.0. The molecule has 88 heavy (non-hydrogen) atoms. The number of hydrogen-bond donors (Lipinski definition) is 0. The lowest BCUT2D eigenvalue weighted by molar-refractivity contribution is 0.194. The molecular weight excluding hydrogens is 1090 g/mol. The molecule has 11 aromatic rings. The molecule has 0 radical (unpaired) electrons. The Morgan fingerprint density at radius 1 is 0.318 bits per heavy atom. The van der Waals surface area contributed by atoms with Crippen LogP contribution in [-0.4, -0.2) is 33.9 Å². The van der Waals surface area contributed by atoms with Crippen LogP contribution in [0.2, 0.25) is 0 Å². The standard InChI is InChI=1S/C82H74BN3Si2/c1-79-53-23-25-55-81(79,3)85-74-57-61(58-75-76(74)83(72-43-27-41-70(79)77(72)85)73-44-28-42-71-78(73)86(75)82(4)56-26-24-54-80(71,82)2)84(59-45-49-68(50-46-59)87(62-29-11-5-12-30-62,63-31-13-6-14-32-63)64-33-15-7-16-34-64)60-47-51-69(52-48-60)88(65-35-17-8-18-36-65,66-37-19-9-20-38-66)67-39-21-10-22-40-67/h5-22,27-52,57-58H,23-26,53-56H2,1-4H3. The van der Waals surface area contributed by atoms with E-state index in [0.717, 1.165) is 24.2 Å². The van der Waals surface area contributed by atoms with Gasteiger partial charge in [0.15, 0.2) is 16.1 Å². The van der Waals surface area contributed by atoms with Crippen molar-refractivity contribution in [1.82, 2.24) is 0 Å². The van der Waals surface area contributed by atoms with E-state index in [-0.39, 0.29) is 28.6 Å². The first-order valence-electron chi connectivity index (χ1n) is 32.5. The second kappa shape index (κ2) is 19.9. The Kier molecular flexibility index (Phi) is 12.1. The maximum absolute atomic E-state index is 2.94. The van der Waals surface area contributed by atoms with Gasteiger partial charge in [0.25, 0.3) is 6.71 Å². The highest BCUT2D eigenvalue weighted by atomic mass is 28.3. The molecule has 6 aliphatic rings. The van der Waals surface area contributed by atoms with E-state index in [2.05, 4.69) is 321 Å².